The molecule has 0 saturated carbocycles. The normalized spacial score (nSPS) is 9.89. The van der Waals surface area contributed by atoms with E-state index in [9.17, 15) is 0 Å². The van der Waals surface area contributed by atoms with Gasteiger partial charge in [0.1, 0.15) is 11.6 Å². The number of nitrogens with zero attached hydrogens (tertiary/aromatic N) is 1. The molecular formula is C5H10N4. The zero-order valence-electron chi connectivity index (χ0n) is 5.31. The van der Waals surface area contributed by atoms with Gasteiger partial charge in [-0.2, -0.15) is 0 Å². The number of aromatic nitrogens is 2. The minimum absolute atomic E-state index is 0.611. The Hall–Kier alpha value is -1.03. The van der Waals surface area contributed by atoms with Crippen molar-refractivity contribution in [2.45, 2.75) is 6.54 Å². The van der Waals surface area contributed by atoms with Crippen LogP contribution in [0, 0.1) is 0 Å². The predicted octanol–water partition coefficient (Wildman–Crippen LogP) is -0.289. The molecule has 0 amide bonds. The number of nitrogens with two attached hydrogens (primary N) is 1. The molecule has 0 bridgehead atoms. The van der Waals surface area contributed by atoms with E-state index in [1.807, 2.05) is 7.05 Å². The van der Waals surface area contributed by atoms with Crippen LogP contribution in [0.15, 0.2) is 6.20 Å². The highest BCUT2D eigenvalue weighted by molar-refractivity contribution is 5.24. The number of nitrogens with one attached hydrogen (secondary N) is 2. The standard InChI is InChI=1S/C5H10N4/c1-7-3-5-8-2-4(6)9-5/h2,7H,3,6H2,1H3,(H,8,9). The molecule has 1 aromatic rings. The molecule has 0 aliphatic heterocycles. The average Bonchev–Trinajstić information content (AvgIpc) is 2.17. The van der Waals surface area contributed by atoms with Gasteiger partial charge in [0.05, 0.1) is 12.7 Å². The maximum Gasteiger partial charge on any atom is 0.121 e. The first-order valence-electron chi connectivity index (χ1n) is 2.77. The van der Waals surface area contributed by atoms with Crippen LogP contribution in [-0.2, 0) is 6.54 Å². The molecule has 4 heteroatoms. The van der Waals surface area contributed by atoms with Crippen molar-refractivity contribution in [3.8, 4) is 0 Å². The van der Waals surface area contributed by atoms with Crippen LogP contribution in [0.2, 0.25) is 0 Å². The van der Waals surface area contributed by atoms with Gasteiger partial charge in [-0.3, -0.25) is 0 Å². The monoisotopic (exact) mass is 126 g/mol. The Morgan fingerprint density at radius 1 is 1.89 bits per heavy atom. The van der Waals surface area contributed by atoms with Crippen LogP contribution in [0.5, 0.6) is 0 Å². The van der Waals surface area contributed by atoms with E-state index in [0.717, 1.165) is 12.4 Å². The van der Waals surface area contributed by atoms with E-state index < -0.39 is 0 Å². The highest BCUT2D eigenvalue weighted by Crippen LogP contribution is 1.95. The first-order valence-corrected chi connectivity index (χ1v) is 2.77. The SMILES string of the molecule is CNCc1ncc(N)[nH]1. The molecule has 0 spiro atoms. The zero-order valence-corrected chi connectivity index (χ0v) is 5.31. The van der Waals surface area contributed by atoms with Gasteiger partial charge in [0, 0.05) is 0 Å². The summed E-state index contributed by atoms with van der Waals surface area (Å²) < 4.78 is 0. The Balaban J connectivity index is 2.61. The Bertz CT molecular complexity index is 181. The summed E-state index contributed by atoms with van der Waals surface area (Å²) in [6.45, 7) is 0.733. The summed E-state index contributed by atoms with van der Waals surface area (Å²) in [6, 6.07) is 0. The molecule has 0 aromatic carbocycles. The lowest BCUT2D eigenvalue weighted by Crippen LogP contribution is -2.06. The summed E-state index contributed by atoms with van der Waals surface area (Å²) in [7, 11) is 1.86. The minimum atomic E-state index is 0.611. The lowest BCUT2D eigenvalue weighted by atomic mass is 10.6. The average molecular weight is 126 g/mol. The van der Waals surface area contributed by atoms with Crippen molar-refractivity contribution in [3.63, 3.8) is 0 Å². The summed E-state index contributed by atoms with van der Waals surface area (Å²) in [6.07, 6.45) is 1.60. The number of nitrogen functional groups attached to an aromatic ring is 1. The van der Waals surface area contributed by atoms with E-state index in [4.69, 9.17) is 5.73 Å². The van der Waals surface area contributed by atoms with Crippen LogP contribution in [0.1, 0.15) is 5.82 Å². The van der Waals surface area contributed by atoms with Gasteiger partial charge in [-0.1, -0.05) is 0 Å². The smallest absolute Gasteiger partial charge is 0.121 e. The van der Waals surface area contributed by atoms with E-state index in [1.165, 1.54) is 0 Å². The Labute approximate surface area is 53.5 Å². The molecule has 1 heterocycles. The maximum absolute atomic E-state index is 5.36. The van der Waals surface area contributed by atoms with Crippen molar-refractivity contribution in [2.75, 3.05) is 12.8 Å². The molecule has 0 unspecified atom stereocenters. The number of rotatable bonds is 2. The Morgan fingerprint density at radius 2 is 2.67 bits per heavy atom. The first kappa shape index (κ1) is 6.10. The van der Waals surface area contributed by atoms with E-state index in [-0.39, 0.29) is 0 Å². The van der Waals surface area contributed by atoms with Crippen molar-refractivity contribution in [1.29, 1.82) is 0 Å². The van der Waals surface area contributed by atoms with Crippen LogP contribution in [0.4, 0.5) is 5.82 Å². The Morgan fingerprint density at radius 3 is 3.11 bits per heavy atom. The van der Waals surface area contributed by atoms with Gasteiger partial charge in [0.2, 0.25) is 0 Å². The van der Waals surface area contributed by atoms with Gasteiger partial charge < -0.3 is 16.0 Å². The quantitative estimate of drug-likeness (QED) is 0.510. The van der Waals surface area contributed by atoms with Gasteiger partial charge >= 0.3 is 0 Å². The summed E-state index contributed by atoms with van der Waals surface area (Å²) in [5.74, 6) is 1.48. The molecule has 4 nitrogen and oxygen atoms in total. The molecular weight excluding hydrogens is 116 g/mol. The van der Waals surface area contributed by atoms with Gasteiger partial charge in [0.25, 0.3) is 0 Å². The third kappa shape index (κ3) is 1.43. The van der Waals surface area contributed by atoms with Crippen molar-refractivity contribution < 1.29 is 0 Å². The summed E-state index contributed by atoms with van der Waals surface area (Å²) >= 11 is 0. The molecule has 0 atom stereocenters. The van der Waals surface area contributed by atoms with Crippen molar-refractivity contribution in [2.24, 2.45) is 0 Å². The zero-order chi connectivity index (χ0) is 6.69. The topological polar surface area (TPSA) is 66.7 Å². The van der Waals surface area contributed by atoms with Crippen LogP contribution >= 0.6 is 0 Å². The molecule has 4 N–H and O–H groups in total. The lowest BCUT2D eigenvalue weighted by molar-refractivity contribution is 0.772. The fraction of sp³-hybridized carbons (Fsp3) is 0.400. The fourth-order valence-electron chi connectivity index (χ4n) is 0.636. The van der Waals surface area contributed by atoms with Gasteiger partial charge in [-0.25, -0.2) is 4.98 Å². The van der Waals surface area contributed by atoms with E-state index in [1.54, 1.807) is 6.20 Å². The molecule has 0 fully saturated rings. The molecule has 1 rings (SSSR count). The minimum Gasteiger partial charge on any atom is -0.384 e. The maximum atomic E-state index is 5.36. The van der Waals surface area contributed by atoms with Gasteiger partial charge in [0.15, 0.2) is 0 Å². The molecule has 0 radical (unpaired) electrons. The number of hydrogen-bond donors (Lipinski definition) is 3. The van der Waals surface area contributed by atoms with E-state index in [2.05, 4.69) is 15.3 Å². The molecule has 0 saturated heterocycles. The first-order chi connectivity index (χ1) is 4.33. The predicted molar refractivity (Wildman–Crippen MR) is 35.8 cm³/mol. The van der Waals surface area contributed by atoms with Crippen LogP contribution in [-0.4, -0.2) is 17.0 Å². The van der Waals surface area contributed by atoms with Crippen LogP contribution < -0.4 is 11.1 Å². The van der Waals surface area contributed by atoms with Crippen LogP contribution in [0.3, 0.4) is 0 Å². The highest BCUT2D eigenvalue weighted by Gasteiger charge is 1.92. The second-order valence-corrected chi connectivity index (χ2v) is 1.82. The summed E-state index contributed by atoms with van der Waals surface area (Å²) in [4.78, 5) is 6.84. The number of aromatic amines is 1. The number of imidazole rings is 1. The Kier molecular flexibility index (Phi) is 1.69. The lowest BCUT2D eigenvalue weighted by Gasteiger charge is -1.90. The molecule has 9 heavy (non-hydrogen) atoms. The van der Waals surface area contributed by atoms with Crippen molar-refractivity contribution in [1.82, 2.24) is 15.3 Å². The second-order valence-electron chi connectivity index (χ2n) is 1.82. The fourth-order valence-corrected chi connectivity index (χ4v) is 0.636. The second kappa shape index (κ2) is 2.50. The summed E-state index contributed by atoms with van der Waals surface area (Å²) in [5.41, 5.74) is 5.36. The van der Waals surface area contributed by atoms with E-state index >= 15 is 0 Å². The van der Waals surface area contributed by atoms with Crippen LogP contribution in [0.25, 0.3) is 0 Å². The molecule has 50 valence electrons. The van der Waals surface area contributed by atoms with Crippen molar-refractivity contribution in [3.05, 3.63) is 12.0 Å². The number of hydrogen-bond acceptors (Lipinski definition) is 3. The van der Waals surface area contributed by atoms with Gasteiger partial charge in [-0.15, -0.1) is 0 Å². The molecule has 0 aliphatic rings. The third-order valence-electron chi connectivity index (χ3n) is 0.992. The largest absolute Gasteiger partial charge is 0.384 e. The summed E-state index contributed by atoms with van der Waals surface area (Å²) in [5, 5.41) is 2.95. The molecule has 0 aliphatic carbocycles. The van der Waals surface area contributed by atoms with Gasteiger partial charge in [-0.05, 0) is 7.05 Å². The number of anilines is 1. The number of H-pyrrole nitrogens is 1. The van der Waals surface area contributed by atoms with Crippen molar-refractivity contribution >= 4 is 5.82 Å². The molecule has 1 aromatic heterocycles. The third-order valence-corrected chi connectivity index (χ3v) is 0.992. The van der Waals surface area contributed by atoms with E-state index in [0.29, 0.717) is 5.82 Å². The highest BCUT2D eigenvalue weighted by atomic mass is 15.0.